The molecule has 4 aromatic rings. The van der Waals surface area contributed by atoms with Crippen LogP contribution in [0.2, 0.25) is 0 Å². The van der Waals surface area contributed by atoms with Crippen LogP contribution in [0.1, 0.15) is 33.6 Å². The van der Waals surface area contributed by atoms with E-state index >= 15 is 0 Å². The third kappa shape index (κ3) is 6.23. The smallest absolute Gasteiger partial charge is 0.335 e. The van der Waals surface area contributed by atoms with Crippen LogP contribution in [-0.4, -0.2) is 80.4 Å². The Labute approximate surface area is 271 Å². The molecule has 10 heteroatoms. The molecule has 3 aromatic carbocycles. The molecule has 0 atom stereocenters. The molecule has 2 amide bonds. The van der Waals surface area contributed by atoms with E-state index < -0.39 is 0 Å². The second-order valence-electron chi connectivity index (χ2n) is 12.0. The monoisotopic (exact) mass is 622 g/mol. The molecular formula is C36H42N6O4. The van der Waals surface area contributed by atoms with E-state index in [9.17, 15) is 4.79 Å². The number of aromatic nitrogens is 2. The summed E-state index contributed by atoms with van der Waals surface area (Å²) in [6.45, 7) is 9.54. The second kappa shape index (κ2) is 13.4. The molecule has 0 aliphatic carbocycles. The van der Waals surface area contributed by atoms with Gasteiger partial charge in [-0.2, -0.15) is 0 Å². The summed E-state index contributed by atoms with van der Waals surface area (Å²) >= 11 is 0. The number of rotatable bonds is 9. The summed E-state index contributed by atoms with van der Waals surface area (Å²) in [4.78, 5) is 32.5. The number of methoxy groups -OCH3 is 3. The molecule has 240 valence electrons. The minimum absolute atomic E-state index is 0.219. The van der Waals surface area contributed by atoms with Gasteiger partial charge in [-0.1, -0.05) is 30.3 Å². The van der Waals surface area contributed by atoms with E-state index in [1.165, 1.54) is 5.56 Å². The minimum Gasteiger partial charge on any atom is -0.497 e. The molecule has 0 radical (unpaired) electrons. The molecule has 0 unspecified atom stereocenters. The molecule has 2 aliphatic rings. The van der Waals surface area contributed by atoms with E-state index in [4.69, 9.17) is 24.2 Å². The van der Waals surface area contributed by atoms with E-state index in [-0.39, 0.29) is 6.03 Å². The third-order valence-corrected chi connectivity index (χ3v) is 8.89. The van der Waals surface area contributed by atoms with E-state index in [1.807, 2.05) is 50.4 Å². The van der Waals surface area contributed by atoms with Gasteiger partial charge in [-0.15, -0.1) is 0 Å². The summed E-state index contributed by atoms with van der Waals surface area (Å²) in [5.74, 6) is 3.06. The maximum Gasteiger partial charge on any atom is 0.335 e. The fraction of sp³-hybridized carbons (Fsp3) is 0.361. The third-order valence-electron chi connectivity index (χ3n) is 8.89. The van der Waals surface area contributed by atoms with Crippen molar-refractivity contribution in [2.24, 2.45) is 0 Å². The van der Waals surface area contributed by atoms with Gasteiger partial charge in [-0.3, -0.25) is 9.80 Å². The molecule has 2 aliphatic heterocycles. The maximum atomic E-state index is 14.5. The Hall–Kier alpha value is -4.67. The van der Waals surface area contributed by atoms with Crippen LogP contribution in [0.25, 0.3) is 0 Å². The van der Waals surface area contributed by atoms with Gasteiger partial charge in [0.2, 0.25) is 0 Å². The zero-order valence-corrected chi connectivity index (χ0v) is 27.5. The van der Waals surface area contributed by atoms with Crippen molar-refractivity contribution in [1.82, 2.24) is 19.8 Å². The number of carbonyl (C=O) groups excluding carboxylic acids is 1. The number of para-hydroxylation sites is 1. The first kappa shape index (κ1) is 31.3. The largest absolute Gasteiger partial charge is 0.497 e. The van der Waals surface area contributed by atoms with Gasteiger partial charge in [0.15, 0.2) is 0 Å². The highest BCUT2D eigenvalue weighted by atomic mass is 16.5. The molecule has 10 nitrogen and oxygen atoms in total. The predicted molar refractivity (Wildman–Crippen MR) is 180 cm³/mol. The molecule has 0 bridgehead atoms. The number of benzene rings is 3. The van der Waals surface area contributed by atoms with Crippen molar-refractivity contribution >= 4 is 23.2 Å². The Morgan fingerprint density at radius 3 is 2.28 bits per heavy atom. The van der Waals surface area contributed by atoms with Gasteiger partial charge in [-0.25, -0.2) is 19.7 Å². The Bertz CT molecular complexity index is 1720. The maximum absolute atomic E-state index is 14.5. The van der Waals surface area contributed by atoms with E-state index in [0.717, 1.165) is 66.4 Å². The van der Waals surface area contributed by atoms with Gasteiger partial charge in [0, 0.05) is 62.5 Å². The van der Waals surface area contributed by atoms with Gasteiger partial charge in [0.25, 0.3) is 0 Å². The van der Waals surface area contributed by atoms with Crippen molar-refractivity contribution in [3.8, 4) is 17.2 Å². The Morgan fingerprint density at radius 1 is 0.848 bits per heavy atom. The average Bonchev–Trinajstić information content (AvgIpc) is 3.06. The van der Waals surface area contributed by atoms with Crippen LogP contribution in [0.5, 0.6) is 17.2 Å². The van der Waals surface area contributed by atoms with Crippen LogP contribution < -0.4 is 24.0 Å². The first-order valence-electron chi connectivity index (χ1n) is 15.6. The molecule has 0 spiro atoms. The van der Waals surface area contributed by atoms with E-state index in [0.29, 0.717) is 41.8 Å². The Morgan fingerprint density at radius 2 is 1.59 bits per heavy atom. The summed E-state index contributed by atoms with van der Waals surface area (Å²) in [7, 11) is 7.06. The number of ether oxygens (including phenoxy) is 3. The summed E-state index contributed by atoms with van der Waals surface area (Å²) in [5, 5.41) is 0. The van der Waals surface area contributed by atoms with Gasteiger partial charge < -0.3 is 19.1 Å². The fourth-order valence-electron chi connectivity index (χ4n) is 6.33. The number of aryl methyl sites for hydroxylation is 2. The lowest BCUT2D eigenvalue weighted by Crippen LogP contribution is -2.46. The first-order valence-corrected chi connectivity index (χ1v) is 15.6. The van der Waals surface area contributed by atoms with Crippen molar-refractivity contribution in [1.29, 1.82) is 0 Å². The molecule has 1 fully saturated rings. The van der Waals surface area contributed by atoms with Crippen LogP contribution in [0.4, 0.5) is 22.0 Å². The number of hydrogen-bond acceptors (Lipinski definition) is 8. The SMILES string of the molecule is COc1ccc(N2C(=O)N(c3c(C)cccc3C)Cc3cnc(Cc4ccc(CN5CCN(C)CC5)cc4OC)nc32)c(OC)c1. The van der Waals surface area contributed by atoms with Crippen LogP contribution in [0, 0.1) is 13.8 Å². The summed E-state index contributed by atoms with van der Waals surface area (Å²) < 4.78 is 17.0. The zero-order valence-electron chi connectivity index (χ0n) is 27.5. The quantitative estimate of drug-likeness (QED) is 0.234. The normalized spacial score (nSPS) is 15.6. The average molecular weight is 623 g/mol. The van der Waals surface area contributed by atoms with Crippen molar-refractivity contribution in [3.63, 3.8) is 0 Å². The van der Waals surface area contributed by atoms with Crippen LogP contribution in [-0.2, 0) is 19.5 Å². The molecule has 1 aromatic heterocycles. The number of piperazine rings is 1. The molecule has 0 saturated carbocycles. The highest BCUT2D eigenvalue weighted by Crippen LogP contribution is 2.42. The molecule has 0 N–H and O–H groups in total. The predicted octanol–water partition coefficient (Wildman–Crippen LogP) is 5.74. The highest BCUT2D eigenvalue weighted by Gasteiger charge is 2.37. The van der Waals surface area contributed by atoms with Gasteiger partial charge >= 0.3 is 6.03 Å². The highest BCUT2D eigenvalue weighted by molar-refractivity contribution is 6.11. The number of nitrogens with zero attached hydrogens (tertiary/aromatic N) is 6. The Balaban J connectivity index is 1.36. The number of anilines is 3. The zero-order chi connectivity index (χ0) is 32.4. The lowest BCUT2D eigenvalue weighted by molar-refractivity contribution is 0.148. The number of urea groups is 1. The van der Waals surface area contributed by atoms with Gasteiger partial charge in [0.05, 0.1) is 39.2 Å². The summed E-state index contributed by atoms with van der Waals surface area (Å²) in [6.07, 6.45) is 2.29. The fourth-order valence-corrected chi connectivity index (χ4v) is 6.33. The summed E-state index contributed by atoms with van der Waals surface area (Å²) in [5.41, 5.74) is 6.50. The molecular weight excluding hydrogens is 580 g/mol. The number of amides is 2. The standard InChI is InChI=1S/C36H42N6O4/c1-24-8-7-9-25(2)34(24)41-23-28-21-37-33(38-35(28)42(36(41)43)30-13-12-29(44-4)20-32(30)46-6)19-27-11-10-26(18-31(27)45-5)22-40-16-14-39(3)15-17-40/h7-13,18,20-21H,14-17,19,22-23H2,1-6H3. The molecule has 3 heterocycles. The van der Waals surface area contributed by atoms with E-state index in [1.54, 1.807) is 37.2 Å². The lowest BCUT2D eigenvalue weighted by Gasteiger charge is -2.37. The van der Waals surface area contributed by atoms with Crippen LogP contribution in [0.3, 0.4) is 0 Å². The topological polar surface area (TPSA) is 83.5 Å². The lowest BCUT2D eigenvalue weighted by atomic mass is 10.0. The van der Waals surface area contributed by atoms with E-state index in [2.05, 4.69) is 35.0 Å². The number of carbonyl (C=O) groups is 1. The van der Waals surface area contributed by atoms with Crippen molar-refractivity contribution < 1.29 is 19.0 Å². The van der Waals surface area contributed by atoms with Crippen LogP contribution >= 0.6 is 0 Å². The van der Waals surface area contributed by atoms with Crippen LogP contribution in [0.15, 0.2) is 60.8 Å². The first-order chi connectivity index (χ1) is 22.3. The van der Waals surface area contributed by atoms with Crippen molar-refractivity contribution in [2.45, 2.75) is 33.4 Å². The van der Waals surface area contributed by atoms with Gasteiger partial charge in [-0.05, 0) is 55.8 Å². The summed E-state index contributed by atoms with van der Waals surface area (Å²) in [6, 6.07) is 17.6. The Kier molecular flexibility index (Phi) is 9.10. The minimum atomic E-state index is -0.219. The number of hydrogen-bond donors (Lipinski definition) is 0. The number of fused-ring (bicyclic) bond motifs is 1. The van der Waals surface area contributed by atoms with Crippen molar-refractivity contribution in [2.75, 3.05) is 64.4 Å². The second-order valence-corrected chi connectivity index (χ2v) is 12.0. The van der Waals surface area contributed by atoms with Gasteiger partial charge in [0.1, 0.15) is 28.9 Å². The molecule has 6 rings (SSSR count). The molecule has 1 saturated heterocycles. The van der Waals surface area contributed by atoms with Crippen molar-refractivity contribution in [3.05, 3.63) is 94.4 Å². The number of likely N-dealkylation sites (N-methyl/N-ethyl adjacent to an activating group) is 1. The molecule has 46 heavy (non-hydrogen) atoms.